The number of hydrogen-bond donors (Lipinski definition) is 0. The first-order valence-electron chi connectivity index (χ1n) is 7.00. The molecule has 0 fully saturated rings. The van der Waals surface area contributed by atoms with Gasteiger partial charge in [-0.05, 0) is 12.1 Å². The molecule has 2 amide bonds. The Morgan fingerprint density at radius 3 is 2.18 bits per heavy atom. The lowest BCUT2D eigenvalue weighted by Crippen LogP contribution is -2.40. The van der Waals surface area contributed by atoms with Gasteiger partial charge in [-0.1, -0.05) is 37.6 Å². The van der Waals surface area contributed by atoms with E-state index in [1.165, 1.54) is 4.90 Å². The standard InChI is InChI=1S/C16H16ClN3O2/c1-16(2,8-19-7-13(17)18-10-19)9-20-14(21)11-5-3-4-6-12(11)15(20)22/h3-7,10H,8-9H2,1-2H3. The number of carbonyl (C=O) groups excluding carboxylic acids is 2. The molecule has 2 heterocycles. The highest BCUT2D eigenvalue weighted by Crippen LogP contribution is 2.28. The second-order valence-electron chi connectivity index (χ2n) is 6.27. The van der Waals surface area contributed by atoms with Crippen LogP contribution in [0.5, 0.6) is 0 Å². The minimum Gasteiger partial charge on any atom is -0.335 e. The van der Waals surface area contributed by atoms with Crippen molar-refractivity contribution in [2.75, 3.05) is 6.54 Å². The van der Waals surface area contributed by atoms with Crippen molar-refractivity contribution in [3.63, 3.8) is 0 Å². The Balaban J connectivity index is 1.78. The second-order valence-corrected chi connectivity index (χ2v) is 6.66. The Morgan fingerprint density at radius 2 is 1.68 bits per heavy atom. The maximum Gasteiger partial charge on any atom is 0.261 e. The van der Waals surface area contributed by atoms with Crippen LogP contribution >= 0.6 is 11.6 Å². The third kappa shape index (κ3) is 2.64. The summed E-state index contributed by atoms with van der Waals surface area (Å²) in [6.07, 6.45) is 3.37. The largest absolute Gasteiger partial charge is 0.335 e. The van der Waals surface area contributed by atoms with Crippen LogP contribution in [-0.2, 0) is 6.54 Å². The van der Waals surface area contributed by atoms with E-state index in [0.717, 1.165) is 0 Å². The van der Waals surface area contributed by atoms with Crippen LogP contribution in [0.25, 0.3) is 0 Å². The molecule has 1 aromatic heterocycles. The van der Waals surface area contributed by atoms with Crippen LogP contribution in [-0.4, -0.2) is 32.8 Å². The van der Waals surface area contributed by atoms with Gasteiger partial charge >= 0.3 is 0 Å². The maximum atomic E-state index is 12.4. The Labute approximate surface area is 133 Å². The van der Waals surface area contributed by atoms with Crippen LogP contribution in [0.4, 0.5) is 0 Å². The highest BCUT2D eigenvalue weighted by Gasteiger charge is 2.38. The average molecular weight is 318 g/mol. The predicted octanol–water partition coefficient (Wildman–Crippen LogP) is 2.86. The van der Waals surface area contributed by atoms with Crippen molar-refractivity contribution in [2.24, 2.45) is 5.41 Å². The van der Waals surface area contributed by atoms with Crippen molar-refractivity contribution in [1.82, 2.24) is 14.5 Å². The van der Waals surface area contributed by atoms with Crippen LogP contribution in [0.15, 0.2) is 36.8 Å². The molecule has 1 aliphatic heterocycles. The molecule has 0 aliphatic carbocycles. The van der Waals surface area contributed by atoms with E-state index in [2.05, 4.69) is 4.98 Å². The lowest BCUT2D eigenvalue weighted by Gasteiger charge is -2.29. The lowest BCUT2D eigenvalue weighted by atomic mass is 9.92. The molecule has 114 valence electrons. The molecule has 0 N–H and O–H groups in total. The van der Waals surface area contributed by atoms with E-state index in [1.54, 1.807) is 36.8 Å². The van der Waals surface area contributed by atoms with E-state index >= 15 is 0 Å². The summed E-state index contributed by atoms with van der Waals surface area (Å²) in [5.41, 5.74) is 0.667. The summed E-state index contributed by atoms with van der Waals surface area (Å²) < 4.78 is 1.86. The number of nitrogens with zero attached hydrogens (tertiary/aromatic N) is 3. The summed E-state index contributed by atoms with van der Waals surface area (Å²) in [5.74, 6) is -0.449. The molecule has 5 nitrogen and oxygen atoms in total. The molecular weight excluding hydrogens is 302 g/mol. The molecule has 6 heteroatoms. The molecule has 0 radical (unpaired) electrons. The zero-order valence-corrected chi connectivity index (χ0v) is 13.2. The monoisotopic (exact) mass is 317 g/mol. The number of carbonyl (C=O) groups is 2. The van der Waals surface area contributed by atoms with Gasteiger partial charge in [0.25, 0.3) is 11.8 Å². The maximum absolute atomic E-state index is 12.4. The van der Waals surface area contributed by atoms with Crippen LogP contribution in [0.1, 0.15) is 34.6 Å². The number of amides is 2. The van der Waals surface area contributed by atoms with E-state index in [-0.39, 0.29) is 17.2 Å². The highest BCUT2D eigenvalue weighted by atomic mass is 35.5. The van der Waals surface area contributed by atoms with Gasteiger partial charge in [0.2, 0.25) is 0 Å². The van der Waals surface area contributed by atoms with Gasteiger partial charge in [0.15, 0.2) is 0 Å². The van der Waals surface area contributed by atoms with E-state index < -0.39 is 0 Å². The number of imide groups is 1. The zero-order valence-electron chi connectivity index (χ0n) is 12.4. The number of rotatable bonds is 4. The van der Waals surface area contributed by atoms with Gasteiger partial charge in [0.05, 0.1) is 17.5 Å². The summed E-state index contributed by atoms with van der Waals surface area (Å²) in [5, 5.41) is 0.427. The number of hydrogen-bond acceptors (Lipinski definition) is 3. The molecule has 0 atom stereocenters. The van der Waals surface area contributed by atoms with Crippen molar-refractivity contribution in [3.8, 4) is 0 Å². The molecule has 1 aromatic carbocycles. The van der Waals surface area contributed by atoms with Gasteiger partial charge in [-0.25, -0.2) is 4.98 Å². The summed E-state index contributed by atoms with van der Waals surface area (Å²) >= 11 is 5.82. The smallest absolute Gasteiger partial charge is 0.261 e. The summed E-state index contributed by atoms with van der Waals surface area (Å²) in [6, 6.07) is 6.93. The van der Waals surface area contributed by atoms with Crippen LogP contribution < -0.4 is 0 Å². The topological polar surface area (TPSA) is 55.2 Å². The molecule has 0 spiro atoms. The summed E-state index contributed by atoms with van der Waals surface area (Å²) in [4.78, 5) is 30.1. The molecule has 2 aromatic rings. The Kier molecular flexibility index (Phi) is 3.53. The SMILES string of the molecule is CC(C)(CN1C(=O)c2ccccc2C1=O)Cn1cnc(Cl)c1. The quantitative estimate of drug-likeness (QED) is 0.815. The third-order valence-corrected chi connectivity index (χ3v) is 3.87. The molecule has 3 rings (SSSR count). The normalized spacial score (nSPS) is 14.6. The molecule has 0 saturated carbocycles. The van der Waals surface area contributed by atoms with Gasteiger partial charge in [0.1, 0.15) is 5.15 Å². The van der Waals surface area contributed by atoms with Crippen molar-refractivity contribution in [2.45, 2.75) is 20.4 Å². The molecule has 22 heavy (non-hydrogen) atoms. The van der Waals surface area contributed by atoms with Gasteiger partial charge in [-0.3, -0.25) is 14.5 Å². The molecular formula is C16H16ClN3O2. The fourth-order valence-corrected chi connectivity index (χ4v) is 2.94. The van der Waals surface area contributed by atoms with Crippen LogP contribution in [0.3, 0.4) is 0 Å². The van der Waals surface area contributed by atoms with Crippen molar-refractivity contribution < 1.29 is 9.59 Å². The third-order valence-electron chi connectivity index (χ3n) is 3.68. The number of aromatic nitrogens is 2. The number of halogens is 1. The first kappa shape index (κ1) is 14.8. The Hall–Kier alpha value is -2.14. The van der Waals surface area contributed by atoms with Crippen molar-refractivity contribution in [3.05, 3.63) is 53.1 Å². The first-order valence-corrected chi connectivity index (χ1v) is 7.38. The fourth-order valence-electron chi connectivity index (χ4n) is 2.77. The second kappa shape index (κ2) is 5.25. The summed E-state index contributed by atoms with van der Waals surface area (Å²) in [6.45, 7) is 4.96. The van der Waals surface area contributed by atoms with Gasteiger partial charge in [-0.2, -0.15) is 0 Å². The highest BCUT2D eigenvalue weighted by molar-refractivity contribution is 6.29. The van der Waals surface area contributed by atoms with Gasteiger partial charge < -0.3 is 4.57 Å². The van der Waals surface area contributed by atoms with E-state index in [0.29, 0.717) is 29.4 Å². The van der Waals surface area contributed by atoms with Gasteiger partial charge in [0, 0.05) is 24.7 Å². The number of fused-ring (bicyclic) bond motifs is 1. The number of imidazole rings is 1. The van der Waals surface area contributed by atoms with Gasteiger partial charge in [-0.15, -0.1) is 0 Å². The molecule has 1 aliphatic rings. The zero-order chi connectivity index (χ0) is 15.9. The predicted molar refractivity (Wildman–Crippen MR) is 82.8 cm³/mol. The van der Waals surface area contributed by atoms with Crippen molar-refractivity contribution >= 4 is 23.4 Å². The minimum absolute atomic E-state index is 0.225. The fraction of sp³-hybridized carbons (Fsp3) is 0.312. The molecule has 0 saturated heterocycles. The Morgan fingerprint density at radius 1 is 1.09 bits per heavy atom. The minimum atomic E-state index is -0.294. The van der Waals surface area contributed by atoms with E-state index in [1.807, 2.05) is 18.4 Å². The molecule has 0 unspecified atom stereocenters. The van der Waals surface area contributed by atoms with Crippen LogP contribution in [0.2, 0.25) is 5.15 Å². The summed E-state index contributed by atoms with van der Waals surface area (Å²) in [7, 11) is 0. The van der Waals surface area contributed by atoms with Crippen LogP contribution in [0, 0.1) is 5.41 Å². The average Bonchev–Trinajstić information content (AvgIpc) is 2.96. The lowest BCUT2D eigenvalue weighted by molar-refractivity contribution is 0.0578. The van der Waals surface area contributed by atoms with E-state index in [9.17, 15) is 9.59 Å². The molecule has 0 bridgehead atoms. The van der Waals surface area contributed by atoms with E-state index in [4.69, 9.17) is 11.6 Å². The first-order chi connectivity index (χ1) is 10.4. The Bertz CT molecular complexity index is 716. The van der Waals surface area contributed by atoms with Crippen molar-refractivity contribution in [1.29, 1.82) is 0 Å². The number of benzene rings is 1.